The van der Waals surface area contributed by atoms with Gasteiger partial charge in [0.05, 0.1) is 11.7 Å². The highest BCUT2D eigenvalue weighted by atomic mass is 16.2. The van der Waals surface area contributed by atoms with Crippen molar-refractivity contribution in [1.82, 2.24) is 24.6 Å². The quantitative estimate of drug-likeness (QED) is 0.741. The van der Waals surface area contributed by atoms with Crippen LogP contribution < -0.4 is 5.32 Å². The largest absolute Gasteiger partial charge is 0.325 e. The maximum Gasteiger partial charge on any atom is 0.241 e. The summed E-state index contributed by atoms with van der Waals surface area (Å²) >= 11 is 0. The number of piperidine rings is 1. The number of amides is 1. The van der Waals surface area contributed by atoms with Crippen molar-refractivity contribution >= 4 is 11.6 Å². The fourth-order valence-corrected chi connectivity index (χ4v) is 3.56. The molecule has 1 amide bonds. The molecule has 1 aromatic carbocycles. The van der Waals surface area contributed by atoms with Gasteiger partial charge in [0, 0.05) is 42.6 Å². The third-order valence-corrected chi connectivity index (χ3v) is 5.04. The van der Waals surface area contributed by atoms with Crippen molar-refractivity contribution in [2.45, 2.75) is 38.8 Å². The van der Waals surface area contributed by atoms with Gasteiger partial charge < -0.3 is 5.32 Å². The summed E-state index contributed by atoms with van der Waals surface area (Å²) in [5.74, 6) is 0.801. The molecule has 144 valence electrons. The van der Waals surface area contributed by atoms with E-state index < -0.39 is 0 Å². The van der Waals surface area contributed by atoms with Gasteiger partial charge in [-0.05, 0) is 56.6 Å². The summed E-state index contributed by atoms with van der Waals surface area (Å²) in [5.41, 5.74) is 2.79. The highest BCUT2D eigenvalue weighted by Crippen LogP contribution is 2.21. The second kappa shape index (κ2) is 8.31. The molecule has 1 atom stereocenters. The number of rotatable bonds is 5. The van der Waals surface area contributed by atoms with E-state index in [1.54, 1.807) is 10.9 Å². The molecule has 7 heteroatoms. The maximum absolute atomic E-state index is 12.9. The van der Waals surface area contributed by atoms with Gasteiger partial charge in [-0.1, -0.05) is 6.42 Å². The molecule has 0 spiro atoms. The number of anilines is 1. The van der Waals surface area contributed by atoms with Crippen molar-refractivity contribution in [2.24, 2.45) is 0 Å². The summed E-state index contributed by atoms with van der Waals surface area (Å²) in [6.07, 6.45) is 10.4. The molecular formula is C21H24N6O. The SMILES string of the molecule is Cc1ncc(CN2CCCC[C@H]2C(=O)Nc2ccc(-n3cccn3)cc2)cn1. The van der Waals surface area contributed by atoms with Crippen LogP contribution in [-0.2, 0) is 11.3 Å². The number of nitrogens with one attached hydrogen (secondary N) is 1. The molecule has 7 nitrogen and oxygen atoms in total. The number of likely N-dealkylation sites (tertiary alicyclic amines) is 1. The molecule has 0 bridgehead atoms. The maximum atomic E-state index is 12.9. The minimum Gasteiger partial charge on any atom is -0.325 e. The Morgan fingerprint density at radius 3 is 2.68 bits per heavy atom. The highest BCUT2D eigenvalue weighted by molar-refractivity contribution is 5.95. The van der Waals surface area contributed by atoms with Crippen molar-refractivity contribution < 1.29 is 4.79 Å². The third-order valence-electron chi connectivity index (χ3n) is 5.04. The molecule has 1 saturated heterocycles. The predicted molar refractivity (Wildman–Crippen MR) is 107 cm³/mol. The molecule has 3 heterocycles. The van der Waals surface area contributed by atoms with E-state index in [0.29, 0.717) is 6.54 Å². The molecule has 0 unspecified atom stereocenters. The molecule has 1 aliphatic rings. The molecule has 0 aliphatic carbocycles. The van der Waals surface area contributed by atoms with Crippen LogP contribution in [0.3, 0.4) is 0 Å². The van der Waals surface area contributed by atoms with E-state index >= 15 is 0 Å². The molecule has 1 N–H and O–H groups in total. The zero-order chi connectivity index (χ0) is 19.3. The first-order valence-corrected chi connectivity index (χ1v) is 9.61. The van der Waals surface area contributed by atoms with Gasteiger partial charge in [0.1, 0.15) is 5.82 Å². The fraction of sp³-hybridized carbons (Fsp3) is 0.333. The Morgan fingerprint density at radius 2 is 1.96 bits per heavy atom. The molecule has 1 aliphatic heterocycles. The van der Waals surface area contributed by atoms with Crippen LogP contribution in [-0.4, -0.2) is 43.1 Å². The summed E-state index contributed by atoms with van der Waals surface area (Å²) in [7, 11) is 0. The molecule has 0 saturated carbocycles. The number of nitrogens with zero attached hydrogens (tertiary/aromatic N) is 5. The Labute approximate surface area is 164 Å². The standard InChI is InChI=1S/C21H24N6O/c1-16-22-13-17(14-23-16)15-26-11-3-2-5-20(26)21(28)25-18-6-8-19(9-7-18)27-12-4-10-24-27/h4,6-10,12-14,20H,2-3,5,11,15H2,1H3,(H,25,28)/t20-/m0/s1. The van der Waals surface area contributed by atoms with Gasteiger partial charge in [-0.25, -0.2) is 14.6 Å². The number of aromatic nitrogens is 4. The summed E-state index contributed by atoms with van der Waals surface area (Å²) < 4.78 is 1.79. The van der Waals surface area contributed by atoms with Gasteiger partial charge in [0.25, 0.3) is 0 Å². The van der Waals surface area contributed by atoms with Crippen LogP contribution in [0.5, 0.6) is 0 Å². The van der Waals surface area contributed by atoms with E-state index in [-0.39, 0.29) is 11.9 Å². The van der Waals surface area contributed by atoms with Crippen LogP contribution in [0.4, 0.5) is 5.69 Å². The van der Waals surface area contributed by atoms with Crippen molar-refractivity contribution in [1.29, 1.82) is 0 Å². The summed E-state index contributed by atoms with van der Waals surface area (Å²) in [5, 5.41) is 7.29. The Morgan fingerprint density at radius 1 is 1.18 bits per heavy atom. The van der Waals surface area contributed by atoms with Crippen molar-refractivity contribution in [3.63, 3.8) is 0 Å². The number of hydrogen-bond donors (Lipinski definition) is 1. The Kier molecular flexibility index (Phi) is 5.43. The van der Waals surface area contributed by atoms with E-state index in [1.807, 2.05) is 55.8 Å². The normalized spacial score (nSPS) is 17.4. The molecule has 0 radical (unpaired) electrons. The Balaban J connectivity index is 1.42. The van der Waals surface area contributed by atoms with Crippen LogP contribution in [0, 0.1) is 6.92 Å². The number of aryl methyl sites for hydroxylation is 1. The van der Waals surface area contributed by atoms with E-state index in [0.717, 1.165) is 48.6 Å². The predicted octanol–water partition coefficient (Wildman–Crippen LogP) is 2.96. The van der Waals surface area contributed by atoms with E-state index in [2.05, 4.69) is 25.3 Å². The van der Waals surface area contributed by atoms with Crippen LogP contribution in [0.2, 0.25) is 0 Å². The van der Waals surface area contributed by atoms with Crippen LogP contribution in [0.15, 0.2) is 55.1 Å². The van der Waals surface area contributed by atoms with Crippen molar-refractivity contribution in [2.75, 3.05) is 11.9 Å². The molecule has 3 aromatic rings. The summed E-state index contributed by atoms with van der Waals surface area (Å²) in [6.45, 7) is 3.47. The summed E-state index contributed by atoms with van der Waals surface area (Å²) in [6, 6.07) is 9.47. The fourth-order valence-electron chi connectivity index (χ4n) is 3.56. The first-order valence-electron chi connectivity index (χ1n) is 9.61. The van der Waals surface area contributed by atoms with Crippen molar-refractivity contribution in [3.05, 3.63) is 66.5 Å². The third kappa shape index (κ3) is 4.26. The van der Waals surface area contributed by atoms with Gasteiger partial charge in [-0.3, -0.25) is 9.69 Å². The molecule has 2 aromatic heterocycles. The molecule has 1 fully saturated rings. The highest BCUT2D eigenvalue weighted by Gasteiger charge is 2.28. The minimum atomic E-state index is -0.138. The van der Waals surface area contributed by atoms with E-state index in [4.69, 9.17) is 0 Å². The van der Waals surface area contributed by atoms with Gasteiger partial charge in [-0.15, -0.1) is 0 Å². The van der Waals surface area contributed by atoms with Crippen LogP contribution >= 0.6 is 0 Å². The number of hydrogen-bond acceptors (Lipinski definition) is 5. The zero-order valence-corrected chi connectivity index (χ0v) is 16.0. The second-order valence-corrected chi connectivity index (χ2v) is 7.11. The second-order valence-electron chi connectivity index (χ2n) is 7.11. The van der Waals surface area contributed by atoms with Crippen LogP contribution in [0.1, 0.15) is 30.7 Å². The molecule has 4 rings (SSSR count). The Hall–Kier alpha value is -3.06. The lowest BCUT2D eigenvalue weighted by molar-refractivity contribution is -0.122. The smallest absolute Gasteiger partial charge is 0.241 e. The van der Waals surface area contributed by atoms with Gasteiger partial charge in [0.2, 0.25) is 5.91 Å². The lowest BCUT2D eigenvalue weighted by Gasteiger charge is -2.34. The number of carbonyl (C=O) groups is 1. The lowest BCUT2D eigenvalue weighted by Crippen LogP contribution is -2.46. The van der Waals surface area contributed by atoms with E-state index in [1.165, 1.54) is 0 Å². The first kappa shape index (κ1) is 18.3. The topological polar surface area (TPSA) is 75.9 Å². The number of carbonyl (C=O) groups excluding carboxylic acids is 1. The lowest BCUT2D eigenvalue weighted by atomic mass is 10.0. The first-order chi connectivity index (χ1) is 13.7. The minimum absolute atomic E-state index is 0.0413. The Bertz CT molecular complexity index is 905. The van der Waals surface area contributed by atoms with Crippen molar-refractivity contribution in [3.8, 4) is 5.69 Å². The number of benzene rings is 1. The molecule has 28 heavy (non-hydrogen) atoms. The zero-order valence-electron chi connectivity index (χ0n) is 16.0. The monoisotopic (exact) mass is 376 g/mol. The average molecular weight is 376 g/mol. The average Bonchev–Trinajstić information content (AvgIpc) is 3.25. The van der Waals surface area contributed by atoms with E-state index in [9.17, 15) is 4.79 Å². The van der Waals surface area contributed by atoms with Crippen LogP contribution in [0.25, 0.3) is 5.69 Å². The van der Waals surface area contributed by atoms with Gasteiger partial charge >= 0.3 is 0 Å². The molecular weight excluding hydrogens is 352 g/mol. The van der Waals surface area contributed by atoms with Gasteiger partial charge in [-0.2, -0.15) is 5.10 Å². The summed E-state index contributed by atoms with van der Waals surface area (Å²) in [4.78, 5) is 23.7. The van der Waals surface area contributed by atoms with Gasteiger partial charge in [0.15, 0.2) is 0 Å².